The van der Waals surface area contributed by atoms with Gasteiger partial charge in [-0.2, -0.15) is 0 Å². The summed E-state index contributed by atoms with van der Waals surface area (Å²) in [5, 5.41) is 0.0387. The first-order valence-corrected chi connectivity index (χ1v) is 11.6. The third kappa shape index (κ3) is 4.02. The summed E-state index contributed by atoms with van der Waals surface area (Å²) in [6, 6.07) is 15.4. The number of fused-ring (bicyclic) bond motifs is 1. The third-order valence-corrected chi connectivity index (χ3v) is 6.43. The largest absolute Gasteiger partial charge is 0.591 e. The van der Waals surface area contributed by atoms with E-state index in [0.29, 0.717) is 11.5 Å². The van der Waals surface area contributed by atoms with Crippen LogP contribution in [0.15, 0.2) is 54.7 Å². The van der Waals surface area contributed by atoms with Crippen molar-refractivity contribution in [3.05, 3.63) is 54.7 Å². The number of pyridine rings is 1. The highest BCUT2D eigenvalue weighted by molar-refractivity contribution is 7.46. The van der Waals surface area contributed by atoms with Crippen molar-refractivity contribution < 1.29 is 18.9 Å². The molecule has 0 bridgehead atoms. The molecule has 5 rings (SSSR count). The van der Waals surface area contributed by atoms with Gasteiger partial charge in [-0.25, -0.2) is 9.97 Å². The summed E-state index contributed by atoms with van der Waals surface area (Å²) in [7, 11) is -1.46. The average Bonchev–Trinajstić information content (AvgIpc) is 3.19. The molecule has 1 fully saturated rings. The first kappa shape index (κ1) is 21.3. The molecule has 0 spiro atoms. The highest BCUT2D eigenvalue weighted by Gasteiger charge is 2.19. The lowest BCUT2D eigenvalue weighted by Crippen LogP contribution is -2.36. The number of nitrogen functional groups attached to an aromatic ring is 1. The van der Waals surface area contributed by atoms with Crippen molar-refractivity contribution >= 4 is 36.0 Å². The summed E-state index contributed by atoms with van der Waals surface area (Å²) in [6.07, 6.45) is 1.59. The summed E-state index contributed by atoms with van der Waals surface area (Å²) in [5.41, 5.74) is 11.3. The van der Waals surface area contributed by atoms with E-state index in [-0.39, 0.29) is 11.2 Å². The summed E-state index contributed by atoms with van der Waals surface area (Å²) < 4.78 is 24.0. The van der Waals surface area contributed by atoms with Crippen molar-refractivity contribution in [3.63, 3.8) is 0 Å². The molecule has 1 atom stereocenters. The van der Waals surface area contributed by atoms with Gasteiger partial charge in [-0.3, -0.25) is 4.57 Å². The van der Waals surface area contributed by atoms with Gasteiger partial charge in [0.25, 0.3) is 5.88 Å². The van der Waals surface area contributed by atoms with Crippen LogP contribution < -0.4 is 25.6 Å². The number of hydrogen-bond acceptors (Lipinski definition) is 8. The van der Waals surface area contributed by atoms with Crippen LogP contribution in [-0.4, -0.2) is 47.9 Å². The van der Waals surface area contributed by atoms with Gasteiger partial charge < -0.3 is 25.0 Å². The lowest BCUT2D eigenvalue weighted by molar-refractivity contribution is -0.160. The van der Waals surface area contributed by atoms with E-state index in [1.165, 1.54) is 7.11 Å². The minimum atomic E-state index is -2.85. The van der Waals surface area contributed by atoms with Crippen molar-refractivity contribution in [3.8, 4) is 22.7 Å². The van der Waals surface area contributed by atoms with Crippen LogP contribution in [0.2, 0.25) is 0 Å². The molecule has 10 heteroatoms. The van der Waals surface area contributed by atoms with Crippen molar-refractivity contribution in [1.29, 1.82) is 0 Å². The molecule has 0 radical (unpaired) electrons. The van der Waals surface area contributed by atoms with E-state index in [4.69, 9.17) is 15.2 Å². The molecule has 2 aromatic heterocycles. The minimum absolute atomic E-state index is 0.0387. The Balaban J connectivity index is 1.55. The number of ether oxygens (including phenoxy) is 2. The number of morpholine rings is 1. The van der Waals surface area contributed by atoms with Gasteiger partial charge in [0, 0.05) is 42.3 Å². The van der Waals surface area contributed by atoms with Gasteiger partial charge in [0.05, 0.1) is 31.4 Å². The maximum Gasteiger partial charge on any atom is 0.354 e. The number of methoxy groups -OCH3 is 1. The Morgan fingerprint density at radius 2 is 1.79 bits per heavy atom. The molecule has 1 aliphatic rings. The van der Waals surface area contributed by atoms with Crippen LogP contribution in [0.25, 0.3) is 27.8 Å². The molecule has 1 aliphatic heterocycles. The van der Waals surface area contributed by atoms with Gasteiger partial charge in [-0.15, -0.1) is 0 Å². The van der Waals surface area contributed by atoms with Crippen molar-refractivity contribution in [2.24, 2.45) is 0 Å². The van der Waals surface area contributed by atoms with Crippen molar-refractivity contribution in [2.75, 3.05) is 44.0 Å². The highest BCUT2D eigenvalue weighted by Crippen LogP contribution is 2.30. The number of rotatable bonds is 5. The second-order valence-electron chi connectivity index (χ2n) is 7.63. The van der Waals surface area contributed by atoms with E-state index in [9.17, 15) is 9.46 Å². The van der Waals surface area contributed by atoms with E-state index >= 15 is 0 Å². The zero-order valence-corrected chi connectivity index (χ0v) is 18.9. The highest BCUT2D eigenvalue weighted by atomic mass is 31.1. The Morgan fingerprint density at radius 1 is 1.06 bits per heavy atom. The molecule has 0 amide bonds. The maximum atomic E-state index is 11.6. The van der Waals surface area contributed by atoms with E-state index in [2.05, 4.69) is 27.0 Å². The molecule has 4 aromatic rings. The van der Waals surface area contributed by atoms with Gasteiger partial charge in [0.2, 0.25) is 11.3 Å². The fourth-order valence-electron chi connectivity index (χ4n) is 4.07. The smallest absolute Gasteiger partial charge is 0.354 e. The number of benzene rings is 2. The summed E-state index contributed by atoms with van der Waals surface area (Å²) >= 11 is 0. The second-order valence-corrected chi connectivity index (χ2v) is 8.63. The molecule has 2 N–H and O–H groups in total. The zero-order valence-electron chi connectivity index (χ0n) is 18.0. The van der Waals surface area contributed by atoms with Crippen LogP contribution in [-0.2, 0) is 9.30 Å². The van der Waals surface area contributed by atoms with E-state index in [1.54, 1.807) is 12.3 Å². The van der Waals surface area contributed by atoms with Crippen molar-refractivity contribution in [1.82, 2.24) is 14.5 Å². The van der Waals surface area contributed by atoms with Gasteiger partial charge in [-0.05, 0) is 42.0 Å². The number of hydrogen-bond donors (Lipinski definition) is 1. The van der Waals surface area contributed by atoms with Crippen LogP contribution >= 0.6 is 8.03 Å². The van der Waals surface area contributed by atoms with E-state index in [0.717, 1.165) is 54.3 Å². The van der Waals surface area contributed by atoms with E-state index < -0.39 is 8.03 Å². The lowest BCUT2D eigenvalue weighted by atomic mass is 10.1. The molecule has 33 heavy (non-hydrogen) atoms. The third-order valence-electron chi connectivity index (χ3n) is 5.72. The first-order valence-electron chi connectivity index (χ1n) is 10.4. The Morgan fingerprint density at radius 3 is 2.48 bits per heavy atom. The summed E-state index contributed by atoms with van der Waals surface area (Å²) in [6.45, 7) is 3.19. The molecule has 3 heterocycles. The fraction of sp³-hybridized carbons (Fsp3) is 0.217. The number of imidazole rings is 1. The molecule has 0 saturated carbocycles. The van der Waals surface area contributed by atoms with Crippen LogP contribution in [0, 0.1) is 0 Å². The summed E-state index contributed by atoms with van der Waals surface area (Å²) in [4.78, 5) is 22.6. The number of nitrogens with two attached hydrogens (primary N) is 1. The monoisotopic (exact) mass is 463 g/mol. The summed E-state index contributed by atoms with van der Waals surface area (Å²) in [5.74, 6) is 0.447. The standard InChI is InChI=1S/C23H22N5O4P/c1-31-22-21(33(29)30)13-16(14-25-22)15-2-7-19-20(12-15)28(23(24)26-19)18-5-3-17(4-6-18)27-8-10-32-11-9-27/h2-7,12-14H,8-11H2,1H3,(H2,24,26). The topological polar surface area (TPSA) is 119 Å². The molecular formula is C23H22N5O4P. The molecule has 9 nitrogen and oxygen atoms in total. The molecular weight excluding hydrogens is 441 g/mol. The predicted octanol–water partition coefficient (Wildman–Crippen LogP) is 2.24. The molecule has 2 aromatic carbocycles. The number of aromatic nitrogens is 3. The normalized spacial score (nSPS) is 14.5. The van der Waals surface area contributed by atoms with Crippen LogP contribution in [0.5, 0.6) is 5.88 Å². The average molecular weight is 463 g/mol. The molecule has 0 aliphatic carbocycles. The number of anilines is 2. The Hall–Kier alpha value is -3.52. The van der Waals surface area contributed by atoms with Gasteiger partial charge in [0.15, 0.2) is 0 Å². The first-order chi connectivity index (χ1) is 16.0. The van der Waals surface area contributed by atoms with Crippen LogP contribution in [0.3, 0.4) is 0 Å². The Bertz CT molecular complexity index is 1330. The van der Waals surface area contributed by atoms with Crippen LogP contribution in [0.1, 0.15) is 0 Å². The molecule has 168 valence electrons. The van der Waals surface area contributed by atoms with Gasteiger partial charge >= 0.3 is 8.03 Å². The number of nitrogens with zero attached hydrogens (tertiary/aromatic N) is 4. The predicted molar refractivity (Wildman–Crippen MR) is 126 cm³/mol. The second kappa shape index (κ2) is 8.78. The Labute approximate surface area is 191 Å². The van der Waals surface area contributed by atoms with E-state index in [1.807, 2.05) is 34.9 Å². The van der Waals surface area contributed by atoms with Gasteiger partial charge in [0.1, 0.15) is 0 Å². The van der Waals surface area contributed by atoms with Crippen molar-refractivity contribution in [2.45, 2.75) is 0 Å². The SMILES string of the molecule is COc1ncc(-c2ccc3nc(N)n(-c4ccc(N5CCOCC5)cc4)c3c2)cc1[P+](=O)[O-]. The Kier molecular flexibility index (Phi) is 5.68. The lowest BCUT2D eigenvalue weighted by Gasteiger charge is -2.29. The quantitative estimate of drug-likeness (QED) is 0.448. The van der Waals surface area contributed by atoms with Crippen LogP contribution in [0.4, 0.5) is 11.6 Å². The fourth-order valence-corrected chi connectivity index (χ4v) is 4.62. The zero-order chi connectivity index (χ0) is 22.9. The maximum absolute atomic E-state index is 11.6. The minimum Gasteiger partial charge on any atom is -0.591 e. The molecule has 1 saturated heterocycles. The molecule has 1 unspecified atom stereocenters. The van der Waals surface area contributed by atoms with Gasteiger partial charge in [-0.1, -0.05) is 10.6 Å².